The van der Waals surface area contributed by atoms with Crippen molar-refractivity contribution >= 4 is 23.6 Å². The summed E-state index contributed by atoms with van der Waals surface area (Å²) in [4.78, 5) is 23.6. The molecular formula is C24H24N2O5. The van der Waals surface area contributed by atoms with Gasteiger partial charge in [-0.3, -0.25) is 4.79 Å². The van der Waals surface area contributed by atoms with Crippen molar-refractivity contribution in [2.75, 3.05) is 19.0 Å². The molecule has 0 bridgehead atoms. The molecule has 0 saturated heterocycles. The molecule has 0 atom stereocenters. The molecule has 0 unspecified atom stereocenters. The Bertz CT molecular complexity index is 1050. The number of para-hydroxylation sites is 1. The number of carbonyl (C=O) groups excluding carboxylic acids is 1. The number of carbonyl (C=O) groups is 2. The predicted molar refractivity (Wildman–Crippen MR) is 118 cm³/mol. The first-order valence-corrected chi connectivity index (χ1v) is 9.60. The van der Waals surface area contributed by atoms with Crippen molar-refractivity contribution in [3.05, 3.63) is 71.3 Å². The van der Waals surface area contributed by atoms with E-state index in [4.69, 9.17) is 14.6 Å². The summed E-state index contributed by atoms with van der Waals surface area (Å²) in [6.45, 7) is 5.15. The second kappa shape index (κ2) is 11.2. The Labute approximate surface area is 181 Å². The molecule has 0 heterocycles. The molecule has 31 heavy (non-hydrogen) atoms. The summed E-state index contributed by atoms with van der Waals surface area (Å²) in [6, 6.07) is 12.6. The van der Waals surface area contributed by atoms with Crippen molar-refractivity contribution in [1.29, 1.82) is 5.26 Å². The molecule has 2 aromatic carbocycles. The minimum atomic E-state index is -1.12. The third-order valence-electron chi connectivity index (χ3n) is 4.40. The van der Waals surface area contributed by atoms with Crippen molar-refractivity contribution < 1.29 is 24.2 Å². The summed E-state index contributed by atoms with van der Waals surface area (Å²) < 4.78 is 10.7. The van der Waals surface area contributed by atoms with Crippen molar-refractivity contribution in [3.63, 3.8) is 0 Å². The average Bonchev–Trinajstić information content (AvgIpc) is 2.76. The maximum atomic E-state index is 12.7. The van der Waals surface area contributed by atoms with Gasteiger partial charge in [-0.15, -0.1) is 6.58 Å². The van der Waals surface area contributed by atoms with E-state index in [-0.39, 0.29) is 11.3 Å². The Balaban J connectivity index is 2.41. The van der Waals surface area contributed by atoms with Crippen LogP contribution in [0.4, 0.5) is 5.69 Å². The first kappa shape index (κ1) is 23.2. The lowest BCUT2D eigenvalue weighted by atomic mass is 10.0. The van der Waals surface area contributed by atoms with Gasteiger partial charge in [0, 0.05) is 11.3 Å². The van der Waals surface area contributed by atoms with Crippen LogP contribution >= 0.6 is 0 Å². The van der Waals surface area contributed by atoms with Crippen LogP contribution in [0.25, 0.3) is 6.08 Å². The lowest BCUT2D eigenvalue weighted by molar-refractivity contribution is -0.139. The quantitative estimate of drug-likeness (QED) is 0.342. The molecule has 0 aliphatic rings. The second-order valence-electron chi connectivity index (χ2n) is 6.52. The zero-order valence-electron chi connectivity index (χ0n) is 17.5. The highest BCUT2D eigenvalue weighted by atomic mass is 16.5. The fraction of sp³-hybridized carbons (Fsp3) is 0.208. The van der Waals surface area contributed by atoms with Crippen molar-refractivity contribution in [3.8, 4) is 17.6 Å². The highest BCUT2D eigenvalue weighted by Crippen LogP contribution is 2.34. The first-order chi connectivity index (χ1) is 14.9. The first-order valence-electron chi connectivity index (χ1n) is 9.60. The number of hydrogen-bond donors (Lipinski definition) is 2. The number of benzene rings is 2. The van der Waals surface area contributed by atoms with Gasteiger partial charge in [-0.1, -0.05) is 31.2 Å². The van der Waals surface area contributed by atoms with Gasteiger partial charge in [-0.05, 0) is 48.2 Å². The number of nitrogens with one attached hydrogen (secondary N) is 1. The fourth-order valence-electron chi connectivity index (χ4n) is 2.98. The third-order valence-corrected chi connectivity index (χ3v) is 4.40. The lowest BCUT2D eigenvalue weighted by Gasteiger charge is -2.15. The van der Waals surface area contributed by atoms with Gasteiger partial charge in [0.25, 0.3) is 5.91 Å². The lowest BCUT2D eigenvalue weighted by Crippen LogP contribution is -2.14. The topological polar surface area (TPSA) is 109 Å². The molecule has 0 aliphatic carbocycles. The summed E-state index contributed by atoms with van der Waals surface area (Å²) in [5.41, 5.74) is 2.68. The van der Waals surface area contributed by atoms with Crippen LogP contribution in [0.15, 0.2) is 54.6 Å². The van der Waals surface area contributed by atoms with Crippen molar-refractivity contribution in [2.24, 2.45) is 0 Å². The van der Waals surface area contributed by atoms with Gasteiger partial charge in [0.15, 0.2) is 18.1 Å². The third kappa shape index (κ3) is 6.21. The molecular weight excluding hydrogens is 396 g/mol. The van der Waals surface area contributed by atoms with E-state index in [0.29, 0.717) is 29.0 Å². The molecule has 0 saturated carbocycles. The van der Waals surface area contributed by atoms with Crippen LogP contribution in [0.3, 0.4) is 0 Å². The van der Waals surface area contributed by atoms with E-state index in [0.717, 1.165) is 12.0 Å². The molecule has 0 radical (unpaired) electrons. The van der Waals surface area contributed by atoms with E-state index in [9.17, 15) is 14.9 Å². The number of amides is 1. The number of carboxylic acids is 1. The molecule has 7 nitrogen and oxygen atoms in total. The number of carboxylic acid groups (broad SMARTS) is 1. The summed E-state index contributed by atoms with van der Waals surface area (Å²) in [5, 5.41) is 21.2. The Morgan fingerprint density at radius 2 is 2.00 bits per heavy atom. The van der Waals surface area contributed by atoms with Crippen molar-refractivity contribution in [1.82, 2.24) is 0 Å². The number of aryl methyl sites for hydroxylation is 1. The Hall–Kier alpha value is -4.05. The molecule has 0 spiro atoms. The Kier molecular flexibility index (Phi) is 8.41. The van der Waals surface area contributed by atoms with E-state index in [1.165, 1.54) is 13.2 Å². The van der Waals surface area contributed by atoms with Crippen LogP contribution in [0.5, 0.6) is 11.5 Å². The largest absolute Gasteiger partial charge is 0.493 e. The Morgan fingerprint density at radius 1 is 1.26 bits per heavy atom. The van der Waals surface area contributed by atoms with E-state index in [1.807, 2.05) is 31.2 Å². The van der Waals surface area contributed by atoms with E-state index in [2.05, 4.69) is 11.9 Å². The molecule has 0 fully saturated rings. The number of ether oxygens (including phenoxy) is 2. The number of nitrogens with zero attached hydrogens (tertiary/aromatic N) is 1. The maximum absolute atomic E-state index is 12.7. The highest BCUT2D eigenvalue weighted by molar-refractivity contribution is 6.10. The normalized spacial score (nSPS) is 10.7. The molecule has 2 N–H and O–H groups in total. The van der Waals surface area contributed by atoms with E-state index < -0.39 is 18.5 Å². The minimum absolute atomic E-state index is 0.0864. The average molecular weight is 420 g/mol. The number of anilines is 1. The van der Waals surface area contributed by atoms with Gasteiger partial charge < -0.3 is 19.9 Å². The summed E-state index contributed by atoms with van der Waals surface area (Å²) in [5.74, 6) is -1.08. The monoisotopic (exact) mass is 420 g/mol. The number of methoxy groups -OCH3 is 1. The molecule has 2 rings (SSSR count). The Morgan fingerprint density at radius 3 is 2.61 bits per heavy atom. The standard InChI is InChI=1S/C24H24N2O5/c1-4-8-18-11-16(13-21(30-3)23(18)31-15-22(27)28)12-19(14-25)24(29)26-20-10-7-6-9-17(20)5-2/h4,6-7,9-13H,1,5,8,15H2,2-3H3,(H,26,29)(H,27,28)/b19-12-. The predicted octanol–water partition coefficient (Wildman–Crippen LogP) is 4.00. The number of allylic oxidation sites excluding steroid dienone is 1. The second-order valence-corrected chi connectivity index (χ2v) is 6.52. The zero-order valence-corrected chi connectivity index (χ0v) is 17.5. The molecule has 7 heteroatoms. The van der Waals surface area contributed by atoms with Crippen LogP contribution in [0, 0.1) is 11.3 Å². The van der Waals surface area contributed by atoms with Gasteiger partial charge in [0.2, 0.25) is 0 Å². The molecule has 1 amide bonds. The van der Waals surface area contributed by atoms with Crippen molar-refractivity contribution in [2.45, 2.75) is 19.8 Å². The highest BCUT2D eigenvalue weighted by Gasteiger charge is 2.16. The van der Waals surface area contributed by atoms with E-state index in [1.54, 1.807) is 24.3 Å². The molecule has 0 aromatic heterocycles. The molecule has 160 valence electrons. The van der Waals surface area contributed by atoms with Crippen LogP contribution in [0.2, 0.25) is 0 Å². The van der Waals surface area contributed by atoms with Crippen LogP contribution in [-0.4, -0.2) is 30.7 Å². The number of nitriles is 1. The van der Waals surface area contributed by atoms with Gasteiger partial charge in [-0.25, -0.2) is 4.79 Å². The number of hydrogen-bond acceptors (Lipinski definition) is 5. The molecule has 2 aromatic rings. The van der Waals surface area contributed by atoms with Crippen LogP contribution in [0.1, 0.15) is 23.6 Å². The van der Waals surface area contributed by atoms with Crippen LogP contribution in [-0.2, 0) is 22.4 Å². The SMILES string of the molecule is C=CCc1cc(/C=C(/C#N)C(=O)Nc2ccccc2CC)cc(OC)c1OCC(=O)O. The minimum Gasteiger partial charge on any atom is -0.493 e. The number of aliphatic carboxylic acids is 1. The summed E-state index contributed by atoms with van der Waals surface area (Å²) in [6.07, 6.45) is 4.20. The fourth-order valence-corrected chi connectivity index (χ4v) is 2.98. The zero-order chi connectivity index (χ0) is 22.8. The van der Waals surface area contributed by atoms with Gasteiger partial charge in [0.1, 0.15) is 11.6 Å². The van der Waals surface area contributed by atoms with Gasteiger partial charge in [-0.2, -0.15) is 5.26 Å². The van der Waals surface area contributed by atoms with Gasteiger partial charge >= 0.3 is 5.97 Å². The maximum Gasteiger partial charge on any atom is 0.341 e. The van der Waals surface area contributed by atoms with Crippen LogP contribution < -0.4 is 14.8 Å². The smallest absolute Gasteiger partial charge is 0.341 e. The summed E-state index contributed by atoms with van der Waals surface area (Å²) in [7, 11) is 1.42. The summed E-state index contributed by atoms with van der Waals surface area (Å²) >= 11 is 0. The number of rotatable bonds is 10. The van der Waals surface area contributed by atoms with E-state index >= 15 is 0 Å². The van der Waals surface area contributed by atoms with Gasteiger partial charge in [0.05, 0.1) is 7.11 Å². The molecule has 0 aliphatic heterocycles.